The zero-order valence-electron chi connectivity index (χ0n) is 24.1. The summed E-state index contributed by atoms with van der Waals surface area (Å²) in [7, 11) is 0. The van der Waals surface area contributed by atoms with Crippen LogP contribution in [0.1, 0.15) is 90.9 Å². The number of aromatic nitrogens is 2. The van der Waals surface area contributed by atoms with Gasteiger partial charge in [-0.05, 0) is 32.9 Å². The van der Waals surface area contributed by atoms with Crippen molar-refractivity contribution in [1.82, 2.24) is 14.5 Å². The first-order chi connectivity index (χ1) is 18.2. The summed E-state index contributed by atoms with van der Waals surface area (Å²) in [6, 6.07) is 17.1. The zero-order valence-corrected chi connectivity index (χ0v) is 24.1. The van der Waals surface area contributed by atoms with Gasteiger partial charge in [-0.25, -0.2) is 0 Å². The van der Waals surface area contributed by atoms with Crippen molar-refractivity contribution in [2.45, 2.75) is 86.2 Å². The van der Waals surface area contributed by atoms with Crippen LogP contribution in [0.2, 0.25) is 0 Å². The van der Waals surface area contributed by atoms with Crippen LogP contribution >= 0.6 is 0 Å². The maximum absolute atomic E-state index is 13.6. The first-order valence-corrected chi connectivity index (χ1v) is 14.2. The van der Waals surface area contributed by atoms with Crippen molar-refractivity contribution in [1.29, 1.82) is 0 Å². The summed E-state index contributed by atoms with van der Waals surface area (Å²) in [6.07, 6.45) is 0.805. The van der Waals surface area contributed by atoms with Gasteiger partial charge in [0.25, 0.3) is 5.91 Å². The van der Waals surface area contributed by atoms with Crippen molar-refractivity contribution in [3.8, 4) is 0 Å². The van der Waals surface area contributed by atoms with Crippen molar-refractivity contribution in [2.24, 2.45) is 5.41 Å². The van der Waals surface area contributed by atoms with Crippen LogP contribution < -0.4 is 5.32 Å². The van der Waals surface area contributed by atoms with Crippen LogP contribution in [-0.2, 0) is 16.0 Å². The highest BCUT2D eigenvalue weighted by molar-refractivity contribution is 6.31. The van der Waals surface area contributed by atoms with Gasteiger partial charge in [-0.3, -0.25) is 4.79 Å². The van der Waals surface area contributed by atoms with Crippen LogP contribution in [0, 0.1) is 5.41 Å². The minimum atomic E-state index is -0.527. The minimum Gasteiger partial charge on any atom is -0.343 e. The summed E-state index contributed by atoms with van der Waals surface area (Å²) < 4.78 is 11.9. The van der Waals surface area contributed by atoms with Crippen LogP contribution in [0.15, 0.2) is 48.5 Å². The molecular formula is C33H39N3O2. The van der Waals surface area contributed by atoms with Crippen molar-refractivity contribution in [3.05, 3.63) is 59.7 Å². The predicted octanol–water partition coefficient (Wildman–Crippen LogP) is 8.56. The Morgan fingerprint density at radius 2 is 1.39 bits per heavy atom. The van der Waals surface area contributed by atoms with Crippen LogP contribution in [-0.4, -0.2) is 15.0 Å². The van der Waals surface area contributed by atoms with Crippen LogP contribution in [0.5, 0.6) is 0 Å². The maximum Gasteiger partial charge on any atom is 0.253 e. The van der Waals surface area contributed by atoms with E-state index in [9.17, 15) is 4.79 Å². The lowest BCUT2D eigenvalue weighted by atomic mass is 9.80. The molecule has 5 aromatic rings. The first-order valence-electron chi connectivity index (χ1n) is 14.2. The topological polar surface area (TPSA) is 48.2 Å². The Kier molecular flexibility index (Phi) is 5.17. The summed E-state index contributed by atoms with van der Waals surface area (Å²) in [5.41, 5.74) is 5.46. The fourth-order valence-electron chi connectivity index (χ4n) is 7.31. The summed E-state index contributed by atoms with van der Waals surface area (Å²) in [6.45, 7) is 19.2. The van der Waals surface area contributed by atoms with E-state index in [1.165, 1.54) is 16.3 Å². The number of hydrogen-bond acceptors (Lipinski definition) is 2. The predicted molar refractivity (Wildman–Crippen MR) is 158 cm³/mol. The van der Waals surface area contributed by atoms with E-state index in [4.69, 9.17) is 4.74 Å². The molecule has 1 saturated heterocycles. The molecule has 198 valence electrons. The van der Waals surface area contributed by atoms with Crippen molar-refractivity contribution in [3.63, 3.8) is 0 Å². The van der Waals surface area contributed by atoms with Crippen molar-refractivity contribution < 1.29 is 9.53 Å². The molecule has 38 heavy (non-hydrogen) atoms. The number of nitrogens with zero attached hydrogens (tertiary/aromatic N) is 2. The summed E-state index contributed by atoms with van der Waals surface area (Å²) >= 11 is 0. The van der Waals surface area contributed by atoms with E-state index < -0.39 is 11.3 Å². The third-order valence-electron chi connectivity index (χ3n) is 9.06. The Labute approximate surface area is 224 Å². The Morgan fingerprint density at radius 1 is 0.816 bits per heavy atom. The molecule has 1 fully saturated rings. The number of amides is 1. The molecule has 2 atom stereocenters. The van der Waals surface area contributed by atoms with Gasteiger partial charge in [0.1, 0.15) is 6.23 Å². The third kappa shape index (κ3) is 2.68. The highest BCUT2D eigenvalue weighted by atomic mass is 16.5. The maximum atomic E-state index is 13.6. The van der Waals surface area contributed by atoms with E-state index in [2.05, 4.69) is 97.6 Å². The van der Waals surface area contributed by atoms with Gasteiger partial charge in [0, 0.05) is 38.9 Å². The van der Waals surface area contributed by atoms with Gasteiger partial charge in [0.2, 0.25) is 0 Å². The molecule has 0 saturated carbocycles. The van der Waals surface area contributed by atoms with Gasteiger partial charge in [-0.2, -0.15) is 0 Å². The average molecular weight is 510 g/mol. The molecule has 0 spiro atoms. The number of hydrogen-bond donors (Lipinski definition) is 1. The monoisotopic (exact) mass is 509 g/mol. The molecule has 2 unspecified atom stereocenters. The molecule has 5 heterocycles. The van der Waals surface area contributed by atoms with E-state index >= 15 is 0 Å². The molecule has 2 bridgehead atoms. The Bertz CT molecular complexity index is 1780. The molecular weight excluding hydrogens is 470 g/mol. The third-order valence-corrected chi connectivity index (χ3v) is 9.06. The lowest BCUT2D eigenvalue weighted by molar-refractivity contribution is -0.136. The van der Waals surface area contributed by atoms with E-state index in [1.54, 1.807) is 0 Å². The lowest BCUT2D eigenvalue weighted by Gasteiger charge is -2.39. The van der Waals surface area contributed by atoms with Crippen molar-refractivity contribution in [2.75, 3.05) is 0 Å². The van der Waals surface area contributed by atoms with E-state index in [0.717, 1.165) is 44.9 Å². The molecule has 0 aliphatic carbocycles. The standard InChI is InChI=1S/C29H27N3O2.2C2H6/c1-27(2)14-19-31-17-12-8-6-10-15(17)20-22-23(28(3,4)30-26(22)33)21-16-11-7-9-13-18(16)32(25(21)24(20)31)29(27,5)34-19;2*1-2/h6-13,19H,14H2,1-5H3,(H,30,33);2*1-2H3. The number of carbonyl (C=O) groups is 1. The molecule has 2 aromatic heterocycles. The van der Waals surface area contributed by atoms with Gasteiger partial charge >= 0.3 is 0 Å². The molecule has 5 nitrogen and oxygen atoms in total. The molecule has 3 aromatic carbocycles. The summed E-state index contributed by atoms with van der Waals surface area (Å²) in [5, 5.41) is 7.85. The minimum absolute atomic E-state index is 0.0171. The largest absolute Gasteiger partial charge is 0.343 e. The lowest BCUT2D eigenvalue weighted by Crippen LogP contribution is -2.41. The number of fused-ring (bicyclic) bond motifs is 13. The molecule has 1 N–H and O–H groups in total. The SMILES string of the molecule is CC.CC.CC1(C)NC(=O)c2c1c1c3ccccc3n3c1c1c2c2ccccc2n1C1CC(C)(C)C3(C)O1. The second-order valence-corrected chi connectivity index (χ2v) is 11.7. The van der Waals surface area contributed by atoms with Crippen LogP contribution in [0.25, 0.3) is 43.6 Å². The van der Waals surface area contributed by atoms with E-state index in [0.29, 0.717) is 0 Å². The van der Waals surface area contributed by atoms with E-state index in [-0.39, 0.29) is 17.6 Å². The van der Waals surface area contributed by atoms with Gasteiger partial charge in [-0.15, -0.1) is 0 Å². The summed E-state index contributed by atoms with van der Waals surface area (Å²) in [4.78, 5) is 13.6. The van der Waals surface area contributed by atoms with Gasteiger partial charge in [-0.1, -0.05) is 77.9 Å². The average Bonchev–Trinajstić information content (AvgIpc) is 3.54. The second-order valence-electron chi connectivity index (χ2n) is 11.7. The molecule has 3 aliphatic rings. The normalized spacial score (nSPS) is 23.7. The number of carbonyl (C=O) groups excluding carboxylic acids is 1. The molecule has 1 amide bonds. The van der Waals surface area contributed by atoms with Crippen LogP contribution in [0.3, 0.4) is 0 Å². The number of para-hydroxylation sites is 2. The zero-order chi connectivity index (χ0) is 27.4. The Balaban J connectivity index is 0.000000633. The fourth-order valence-corrected chi connectivity index (χ4v) is 7.31. The second kappa shape index (κ2) is 7.86. The van der Waals surface area contributed by atoms with E-state index in [1.807, 2.05) is 27.7 Å². The van der Waals surface area contributed by atoms with Crippen LogP contribution in [0.4, 0.5) is 0 Å². The number of nitrogens with one attached hydrogen (secondary N) is 1. The highest BCUT2D eigenvalue weighted by Gasteiger charge is 2.57. The Hall–Kier alpha value is -3.31. The molecule has 8 rings (SSSR count). The Morgan fingerprint density at radius 3 is 2.05 bits per heavy atom. The fraction of sp³-hybridized carbons (Fsp3) is 0.424. The number of benzene rings is 3. The summed E-state index contributed by atoms with van der Waals surface area (Å²) in [5.74, 6) is 0.0171. The van der Waals surface area contributed by atoms with Gasteiger partial charge in [0.05, 0.1) is 33.2 Å². The molecule has 3 aliphatic heterocycles. The molecule has 0 radical (unpaired) electrons. The van der Waals surface area contributed by atoms with Crippen molar-refractivity contribution >= 4 is 49.5 Å². The highest BCUT2D eigenvalue weighted by Crippen LogP contribution is 2.61. The molecule has 5 heteroatoms. The first kappa shape index (κ1) is 25.0. The quantitative estimate of drug-likeness (QED) is 0.227. The smallest absolute Gasteiger partial charge is 0.253 e. The number of ether oxygens (including phenoxy) is 1. The number of rotatable bonds is 0. The van der Waals surface area contributed by atoms with Gasteiger partial charge in [0.15, 0.2) is 5.72 Å². The van der Waals surface area contributed by atoms with Gasteiger partial charge < -0.3 is 19.2 Å².